The van der Waals surface area contributed by atoms with Crippen LogP contribution in [-0.2, 0) is 21.2 Å². The van der Waals surface area contributed by atoms with Crippen LogP contribution in [-0.4, -0.2) is 43.9 Å². The third-order valence-corrected chi connectivity index (χ3v) is 7.37. The van der Waals surface area contributed by atoms with Crippen LogP contribution in [0.4, 0.5) is 22.0 Å². The minimum Gasteiger partial charge on any atom is -0.398 e. The highest BCUT2D eigenvalue weighted by Gasteiger charge is 2.38. The number of allylic oxidation sites excluding steroid dienone is 4. The lowest BCUT2D eigenvalue weighted by atomic mass is 9.90. The van der Waals surface area contributed by atoms with Gasteiger partial charge in [-0.15, -0.1) is 0 Å². The second-order valence-corrected chi connectivity index (χ2v) is 11.3. The Balaban J connectivity index is 0. The van der Waals surface area contributed by atoms with Gasteiger partial charge < -0.3 is 11.1 Å². The van der Waals surface area contributed by atoms with Crippen LogP contribution in [0.25, 0.3) is 0 Å². The Labute approximate surface area is 253 Å². The van der Waals surface area contributed by atoms with Gasteiger partial charge in [-0.1, -0.05) is 73.1 Å². The molecule has 12 heteroatoms. The quantitative estimate of drug-likeness (QED) is 0.153. The zero-order valence-electron chi connectivity index (χ0n) is 26.6. The normalized spacial score (nSPS) is 14.5. The molecule has 0 amide bonds. The zero-order valence-corrected chi connectivity index (χ0v) is 27.4. The molecule has 1 aromatic rings. The van der Waals surface area contributed by atoms with Gasteiger partial charge in [-0.2, -0.15) is 13.2 Å². The molecule has 0 aromatic heterocycles. The number of hydrogen-bond acceptors (Lipinski definition) is 6. The van der Waals surface area contributed by atoms with Gasteiger partial charge in [0.25, 0.3) is 5.92 Å². The molecule has 43 heavy (non-hydrogen) atoms. The topological polar surface area (TPSA) is 106 Å². The number of hydrogen-bond donors (Lipinski definition) is 2. The molecule has 2 rings (SSSR count). The molecule has 0 fully saturated rings. The molecule has 1 aliphatic carbocycles. The summed E-state index contributed by atoms with van der Waals surface area (Å²) in [5.74, 6) is -5.31. The summed E-state index contributed by atoms with van der Waals surface area (Å²) in [4.78, 5) is 25.1. The van der Waals surface area contributed by atoms with Crippen molar-refractivity contribution in [2.45, 2.75) is 111 Å². The molecule has 0 bridgehead atoms. The Morgan fingerprint density at radius 1 is 1.07 bits per heavy atom. The molecule has 6 nitrogen and oxygen atoms in total. The highest BCUT2D eigenvalue weighted by molar-refractivity contribution is 7.91. The minimum atomic E-state index is -4.76. The van der Waals surface area contributed by atoms with E-state index in [1.807, 2.05) is 27.7 Å². The summed E-state index contributed by atoms with van der Waals surface area (Å²) in [7, 11) is -3.92. The van der Waals surface area contributed by atoms with Gasteiger partial charge in [-0.3, -0.25) is 9.59 Å². The average Bonchev–Trinajstić information content (AvgIpc) is 2.94. The number of halogens is 5. The number of benzene rings is 1. The molecule has 1 aliphatic rings. The number of carbonyl (C=O) groups is 2. The lowest BCUT2D eigenvalue weighted by molar-refractivity contribution is -0.120. The van der Waals surface area contributed by atoms with Crippen LogP contribution in [0, 0.1) is 0 Å². The summed E-state index contributed by atoms with van der Waals surface area (Å²) >= 11 is 0. The van der Waals surface area contributed by atoms with Crippen LogP contribution < -0.4 is 11.1 Å². The van der Waals surface area contributed by atoms with E-state index >= 15 is 0 Å². The van der Waals surface area contributed by atoms with Gasteiger partial charge in [-0.25, -0.2) is 17.2 Å². The van der Waals surface area contributed by atoms with Crippen molar-refractivity contribution in [3.8, 4) is 0 Å². The number of carbonyl (C=O) groups excluding carboxylic acids is 2. The summed E-state index contributed by atoms with van der Waals surface area (Å²) in [6.07, 6.45) is -1.94. The fourth-order valence-corrected chi connectivity index (χ4v) is 4.67. The summed E-state index contributed by atoms with van der Waals surface area (Å²) < 4.78 is 91.7. The van der Waals surface area contributed by atoms with Crippen LogP contribution in [0.15, 0.2) is 58.2 Å². The number of nitrogens with two attached hydrogens (primary N) is 1. The molecule has 1 atom stereocenters. The molecule has 0 heterocycles. The predicted molar refractivity (Wildman–Crippen MR) is 163 cm³/mol. The standard InChI is InChI=1S/C24H27F5N2O4S.C3H8.2C2H6/c1-4-6-22(23(3,25)26)31-13-14-7-8-21(36(34,35)5-2)17(9-14)20(33)12-16-18(30)10-15(11-19(16)32)24(27,28)29;1-3-2;2*1-2/h4,6-10,22,31H,5,11-13,30H2,1-3H3;3H2,1-2H3;2*1-2H3/b6-4-;;;. The minimum absolute atomic E-state index is 0.146. The summed E-state index contributed by atoms with van der Waals surface area (Å²) in [6, 6.07) is 2.41. The third kappa shape index (κ3) is 13.5. The van der Waals surface area contributed by atoms with Gasteiger partial charge in [-0.05, 0) is 30.7 Å². The molecule has 1 aromatic carbocycles. The lowest BCUT2D eigenvalue weighted by Gasteiger charge is -2.22. The average molecular weight is 639 g/mol. The number of nitrogens with one attached hydrogen (secondary N) is 1. The second-order valence-electron chi connectivity index (χ2n) is 9.08. The van der Waals surface area contributed by atoms with Gasteiger partial charge in [0.15, 0.2) is 21.4 Å². The van der Waals surface area contributed by atoms with E-state index in [2.05, 4.69) is 19.2 Å². The predicted octanol–water partition coefficient (Wildman–Crippen LogP) is 7.89. The fourth-order valence-electron chi connectivity index (χ4n) is 3.57. The lowest BCUT2D eigenvalue weighted by Crippen LogP contribution is -2.41. The van der Waals surface area contributed by atoms with Crippen LogP contribution in [0.1, 0.15) is 97.5 Å². The van der Waals surface area contributed by atoms with E-state index in [0.717, 1.165) is 6.92 Å². The van der Waals surface area contributed by atoms with Crippen molar-refractivity contribution in [2.75, 3.05) is 5.75 Å². The van der Waals surface area contributed by atoms with Gasteiger partial charge >= 0.3 is 6.18 Å². The van der Waals surface area contributed by atoms with E-state index in [1.54, 1.807) is 6.92 Å². The summed E-state index contributed by atoms with van der Waals surface area (Å²) in [5.41, 5.74) is 3.62. The first-order chi connectivity index (χ1) is 19.9. The van der Waals surface area contributed by atoms with Gasteiger partial charge in [0.1, 0.15) is 0 Å². The van der Waals surface area contributed by atoms with Gasteiger partial charge in [0.2, 0.25) is 0 Å². The number of sulfone groups is 1. The van der Waals surface area contributed by atoms with E-state index < -0.39 is 63.7 Å². The van der Waals surface area contributed by atoms with Crippen LogP contribution in [0.3, 0.4) is 0 Å². The van der Waals surface area contributed by atoms with E-state index in [-0.39, 0.29) is 28.3 Å². The Hall–Kier alpha value is -2.86. The third-order valence-electron chi connectivity index (χ3n) is 5.58. The van der Waals surface area contributed by atoms with Crippen molar-refractivity contribution < 1.29 is 40.0 Å². The van der Waals surface area contributed by atoms with Crippen molar-refractivity contribution in [2.24, 2.45) is 5.73 Å². The van der Waals surface area contributed by atoms with Crippen molar-refractivity contribution >= 4 is 21.4 Å². The Kier molecular flexibility index (Phi) is 19.1. The maximum absolute atomic E-state index is 13.8. The SMILES string of the molecule is C/C=C\C(NCc1ccc(S(=O)(=O)CC)c(C(=O)CC2=C(N)C=C(C(F)(F)F)CC2=O)c1)C(C)(F)F.CC.CC.CCC. The molecule has 0 radical (unpaired) electrons. The molecule has 0 saturated heterocycles. The Bertz CT molecular complexity index is 1250. The first kappa shape index (κ1) is 42.3. The van der Waals surface area contributed by atoms with Crippen LogP contribution in [0.2, 0.25) is 0 Å². The van der Waals surface area contributed by atoms with Gasteiger partial charge in [0, 0.05) is 48.7 Å². The molecule has 0 spiro atoms. The fraction of sp³-hybridized carbons (Fsp3) is 0.548. The van der Waals surface area contributed by atoms with E-state index in [9.17, 15) is 40.0 Å². The van der Waals surface area contributed by atoms with Crippen molar-refractivity contribution in [1.82, 2.24) is 5.32 Å². The van der Waals surface area contributed by atoms with Crippen molar-refractivity contribution in [1.29, 1.82) is 0 Å². The smallest absolute Gasteiger partial charge is 0.398 e. The molecule has 0 saturated carbocycles. The number of Topliss-reactive ketones (excluding diaryl/α,β-unsaturated/α-hetero) is 2. The molecule has 246 valence electrons. The molecule has 3 N–H and O–H groups in total. The number of rotatable bonds is 10. The highest BCUT2D eigenvalue weighted by atomic mass is 32.2. The van der Waals surface area contributed by atoms with Crippen molar-refractivity contribution in [3.05, 3.63) is 64.4 Å². The van der Waals surface area contributed by atoms with Gasteiger partial charge in [0.05, 0.1) is 16.7 Å². The first-order valence-corrected chi connectivity index (χ1v) is 16.0. The van der Waals surface area contributed by atoms with E-state index in [1.165, 1.54) is 43.7 Å². The molecular weight excluding hydrogens is 591 g/mol. The Morgan fingerprint density at radius 2 is 1.60 bits per heavy atom. The van der Waals surface area contributed by atoms with Crippen LogP contribution >= 0.6 is 0 Å². The van der Waals surface area contributed by atoms with Crippen molar-refractivity contribution in [3.63, 3.8) is 0 Å². The summed E-state index contributed by atoms with van der Waals surface area (Å²) in [5, 5.41) is 2.63. The number of alkyl halides is 5. The summed E-state index contributed by atoms with van der Waals surface area (Å²) in [6.45, 7) is 15.8. The monoisotopic (exact) mass is 638 g/mol. The zero-order chi connectivity index (χ0) is 34.2. The molecule has 0 aliphatic heterocycles. The largest absolute Gasteiger partial charge is 0.413 e. The number of ketones is 2. The maximum atomic E-state index is 13.8. The van der Waals surface area contributed by atoms with E-state index in [4.69, 9.17) is 5.73 Å². The maximum Gasteiger partial charge on any atom is 0.413 e. The second kappa shape index (κ2) is 19.4. The highest BCUT2D eigenvalue weighted by Crippen LogP contribution is 2.34. The molecular formula is C31H47F5N2O4S. The molecule has 1 unspecified atom stereocenters. The van der Waals surface area contributed by atoms with Crippen LogP contribution in [0.5, 0.6) is 0 Å². The van der Waals surface area contributed by atoms with E-state index in [0.29, 0.717) is 11.6 Å². The Morgan fingerprint density at radius 3 is 2.02 bits per heavy atom. The first-order valence-electron chi connectivity index (χ1n) is 14.3.